The van der Waals surface area contributed by atoms with Crippen LogP contribution in [0.4, 0.5) is 0 Å². The summed E-state index contributed by atoms with van der Waals surface area (Å²) in [5.41, 5.74) is 0. The van der Waals surface area contributed by atoms with Crippen molar-refractivity contribution in [3.05, 3.63) is 0 Å². The molecule has 0 saturated carbocycles. The minimum absolute atomic E-state index is 0. The third-order valence-electron chi connectivity index (χ3n) is 1.60. The van der Waals surface area contributed by atoms with Crippen molar-refractivity contribution in [2.24, 2.45) is 0 Å². The number of hydrogen-bond acceptors (Lipinski definition) is 5. The molecular weight excluding hydrogens is 399 g/mol. The number of carbonyl (C=O) groups is 3. The van der Waals surface area contributed by atoms with Gasteiger partial charge in [0.05, 0.1) is 6.10 Å². The largest absolute Gasteiger partial charge is 0.481 e. The standard InChI is InChI=1S/3C4H8O2.C3H8O2.Zr/c3*1-2-3-4(5)6;1-3(2)5-4;/h3*2-3H2,1H3,(H,5,6);3-4H,1-2H3;. The molecule has 0 fully saturated rings. The van der Waals surface area contributed by atoms with Gasteiger partial charge in [0.1, 0.15) is 0 Å². The van der Waals surface area contributed by atoms with E-state index < -0.39 is 17.9 Å². The molecule has 144 valence electrons. The van der Waals surface area contributed by atoms with E-state index in [2.05, 4.69) is 4.89 Å². The van der Waals surface area contributed by atoms with Crippen molar-refractivity contribution >= 4 is 17.9 Å². The molecule has 0 aromatic heterocycles. The van der Waals surface area contributed by atoms with Crippen molar-refractivity contribution in [2.45, 2.75) is 79.2 Å². The van der Waals surface area contributed by atoms with Crippen molar-refractivity contribution in [2.75, 3.05) is 0 Å². The molecule has 9 heteroatoms. The van der Waals surface area contributed by atoms with Gasteiger partial charge in [0, 0.05) is 45.5 Å². The Morgan fingerprint density at radius 2 is 0.917 bits per heavy atom. The summed E-state index contributed by atoms with van der Waals surface area (Å²) in [4.78, 5) is 32.5. The zero-order valence-electron chi connectivity index (χ0n) is 15.2. The maximum atomic E-state index is 9.60. The number of carboxylic acid groups (broad SMARTS) is 3. The minimum atomic E-state index is -0.711. The maximum Gasteiger partial charge on any atom is 0.303 e. The molecule has 0 rings (SSSR count). The Morgan fingerprint density at radius 3 is 0.917 bits per heavy atom. The van der Waals surface area contributed by atoms with Gasteiger partial charge in [-0.05, 0) is 33.1 Å². The van der Waals surface area contributed by atoms with Gasteiger partial charge in [0.15, 0.2) is 0 Å². The summed E-state index contributed by atoms with van der Waals surface area (Å²) in [6.07, 6.45) is 3.01. The van der Waals surface area contributed by atoms with E-state index in [1.54, 1.807) is 13.8 Å². The van der Waals surface area contributed by atoms with Crippen LogP contribution in [0.5, 0.6) is 0 Å². The summed E-state index contributed by atoms with van der Waals surface area (Å²) < 4.78 is 0. The van der Waals surface area contributed by atoms with Gasteiger partial charge in [-0.15, -0.1) is 0 Å². The summed E-state index contributed by atoms with van der Waals surface area (Å²) >= 11 is 0. The predicted molar refractivity (Wildman–Crippen MR) is 86.5 cm³/mol. The van der Waals surface area contributed by atoms with Crippen LogP contribution < -0.4 is 0 Å². The molecule has 0 aliphatic rings. The van der Waals surface area contributed by atoms with Gasteiger partial charge >= 0.3 is 17.9 Å². The van der Waals surface area contributed by atoms with Crippen molar-refractivity contribution in [1.82, 2.24) is 0 Å². The van der Waals surface area contributed by atoms with Gasteiger partial charge in [-0.1, -0.05) is 20.8 Å². The summed E-state index contributed by atoms with van der Waals surface area (Å²) in [6, 6.07) is 0. The van der Waals surface area contributed by atoms with E-state index >= 15 is 0 Å². The van der Waals surface area contributed by atoms with Gasteiger partial charge in [-0.2, -0.15) is 0 Å². The Morgan fingerprint density at radius 1 is 0.750 bits per heavy atom. The molecule has 0 aromatic carbocycles. The van der Waals surface area contributed by atoms with Crippen molar-refractivity contribution in [1.29, 1.82) is 0 Å². The smallest absolute Gasteiger partial charge is 0.303 e. The molecule has 0 unspecified atom stereocenters. The van der Waals surface area contributed by atoms with Crippen LogP contribution >= 0.6 is 0 Å². The topological polar surface area (TPSA) is 141 Å². The molecule has 0 amide bonds. The molecule has 0 aliphatic heterocycles. The fraction of sp³-hybridized carbons (Fsp3) is 0.800. The molecule has 0 aromatic rings. The summed E-state index contributed by atoms with van der Waals surface area (Å²) in [5, 5.41) is 31.4. The molecule has 0 atom stereocenters. The second-order valence-electron chi connectivity index (χ2n) is 4.59. The van der Waals surface area contributed by atoms with E-state index in [-0.39, 0.29) is 32.3 Å². The fourth-order valence-corrected chi connectivity index (χ4v) is 0.642. The van der Waals surface area contributed by atoms with Gasteiger partial charge in [-0.25, -0.2) is 4.89 Å². The average molecular weight is 432 g/mol. The molecule has 0 radical (unpaired) electrons. The van der Waals surface area contributed by atoms with Crippen LogP contribution in [0.15, 0.2) is 0 Å². The van der Waals surface area contributed by atoms with E-state index in [0.29, 0.717) is 19.3 Å². The van der Waals surface area contributed by atoms with Crippen molar-refractivity contribution in [3.8, 4) is 0 Å². The zero-order valence-corrected chi connectivity index (χ0v) is 17.7. The van der Waals surface area contributed by atoms with Crippen molar-refractivity contribution < 1.29 is 66.1 Å². The molecule has 4 N–H and O–H groups in total. The van der Waals surface area contributed by atoms with Gasteiger partial charge in [-0.3, -0.25) is 19.6 Å². The third-order valence-corrected chi connectivity index (χ3v) is 1.60. The van der Waals surface area contributed by atoms with Gasteiger partial charge in [0.25, 0.3) is 0 Å². The summed E-state index contributed by atoms with van der Waals surface area (Å²) in [5.74, 6) is -2.13. The first-order valence-corrected chi connectivity index (χ1v) is 7.54. The molecule has 8 nitrogen and oxygen atoms in total. The summed E-state index contributed by atoms with van der Waals surface area (Å²) in [7, 11) is 0. The zero-order chi connectivity index (χ0) is 19.3. The number of rotatable bonds is 7. The molecule has 0 saturated heterocycles. The Balaban J connectivity index is -0.0000000661. The van der Waals surface area contributed by atoms with Crippen LogP contribution in [-0.2, 0) is 45.5 Å². The maximum absolute atomic E-state index is 9.60. The molecule has 0 spiro atoms. The van der Waals surface area contributed by atoms with Gasteiger partial charge < -0.3 is 15.3 Å². The number of aliphatic carboxylic acids is 3. The Kier molecular flexibility index (Phi) is 43.4. The Labute approximate surface area is 163 Å². The molecular formula is C15H32O8Zr. The molecule has 0 bridgehead atoms. The first kappa shape index (κ1) is 34.5. The van der Waals surface area contributed by atoms with Gasteiger partial charge in [0.2, 0.25) is 0 Å². The molecule has 0 heterocycles. The van der Waals surface area contributed by atoms with Crippen molar-refractivity contribution in [3.63, 3.8) is 0 Å². The first-order chi connectivity index (χ1) is 10.6. The van der Waals surface area contributed by atoms with E-state index in [0.717, 1.165) is 19.3 Å². The normalized spacial score (nSPS) is 8.12. The fourth-order valence-electron chi connectivity index (χ4n) is 0.642. The average Bonchev–Trinajstić information content (AvgIpc) is 2.40. The van der Waals surface area contributed by atoms with E-state index in [4.69, 9.17) is 20.6 Å². The second-order valence-corrected chi connectivity index (χ2v) is 4.59. The Bertz CT molecular complexity index is 245. The van der Waals surface area contributed by atoms with E-state index in [1.165, 1.54) is 0 Å². The molecule has 24 heavy (non-hydrogen) atoms. The van der Waals surface area contributed by atoms with Crippen LogP contribution in [0.1, 0.15) is 73.1 Å². The molecule has 0 aliphatic carbocycles. The summed E-state index contributed by atoms with van der Waals surface area (Å²) in [6.45, 7) is 9.02. The van der Waals surface area contributed by atoms with Crippen LogP contribution in [0.2, 0.25) is 0 Å². The monoisotopic (exact) mass is 430 g/mol. The minimum Gasteiger partial charge on any atom is -0.481 e. The van der Waals surface area contributed by atoms with E-state index in [9.17, 15) is 14.4 Å². The predicted octanol–water partition coefficient (Wildman–Crippen LogP) is 3.50. The van der Waals surface area contributed by atoms with Crippen LogP contribution in [0.25, 0.3) is 0 Å². The third kappa shape index (κ3) is 83.1. The van der Waals surface area contributed by atoms with E-state index in [1.807, 2.05) is 20.8 Å². The second kappa shape index (κ2) is 30.1. The SMILES string of the molecule is CC(C)OO.CCCC(=O)O.CCCC(=O)O.CCCC(=O)O.[Zr]. The number of carboxylic acids is 3. The number of hydrogen-bond donors (Lipinski definition) is 4. The Hall–Kier alpha value is -0.787. The quantitative estimate of drug-likeness (QED) is 0.354. The van der Waals surface area contributed by atoms with Crippen LogP contribution in [-0.4, -0.2) is 44.6 Å². The first-order valence-electron chi connectivity index (χ1n) is 7.54. The van der Waals surface area contributed by atoms with Crippen LogP contribution in [0.3, 0.4) is 0 Å². The van der Waals surface area contributed by atoms with Crippen LogP contribution in [0, 0.1) is 0 Å².